The van der Waals surface area contributed by atoms with E-state index < -0.39 is 23.4 Å². The molecule has 0 saturated carbocycles. The van der Waals surface area contributed by atoms with Crippen molar-refractivity contribution in [1.82, 2.24) is 0 Å². The second-order valence-corrected chi connectivity index (χ2v) is 6.18. The van der Waals surface area contributed by atoms with Crippen molar-refractivity contribution >= 4 is 23.5 Å². The van der Waals surface area contributed by atoms with Crippen molar-refractivity contribution in [2.24, 2.45) is 11.8 Å². The molecule has 3 heterocycles. The van der Waals surface area contributed by atoms with Gasteiger partial charge in [-0.25, -0.2) is 9.69 Å². The molecule has 0 N–H and O–H groups in total. The molecule has 4 atom stereocenters. The predicted molar refractivity (Wildman–Crippen MR) is 79.7 cm³/mol. The first-order valence-corrected chi connectivity index (χ1v) is 7.39. The lowest BCUT2D eigenvalue weighted by Gasteiger charge is -2.24. The molecule has 23 heavy (non-hydrogen) atoms. The van der Waals surface area contributed by atoms with Crippen LogP contribution in [0.3, 0.4) is 0 Å². The Morgan fingerprint density at radius 1 is 1.30 bits per heavy atom. The Balaban J connectivity index is 1.73. The molecule has 0 spiro atoms. The van der Waals surface area contributed by atoms with Gasteiger partial charge in [-0.3, -0.25) is 9.59 Å². The number of methoxy groups -OCH3 is 1. The molecule has 118 valence electrons. The predicted octanol–water partition coefficient (Wildman–Crippen LogP) is 1.31. The van der Waals surface area contributed by atoms with Crippen molar-refractivity contribution < 1.29 is 23.9 Å². The molecule has 0 aliphatic carbocycles. The van der Waals surface area contributed by atoms with Crippen LogP contribution < -0.4 is 4.90 Å². The van der Waals surface area contributed by atoms with E-state index in [-0.39, 0.29) is 17.9 Å². The first-order valence-electron chi connectivity index (χ1n) is 7.39. The maximum absolute atomic E-state index is 12.8. The van der Waals surface area contributed by atoms with Crippen LogP contribution in [-0.4, -0.2) is 36.6 Å². The van der Waals surface area contributed by atoms with Gasteiger partial charge in [-0.15, -0.1) is 0 Å². The zero-order chi connectivity index (χ0) is 16.4. The molecule has 0 radical (unpaired) electrons. The number of anilines is 1. The van der Waals surface area contributed by atoms with Gasteiger partial charge in [0, 0.05) is 0 Å². The van der Waals surface area contributed by atoms with E-state index in [0.717, 1.165) is 0 Å². The third-order valence-electron chi connectivity index (χ3n) is 4.85. The number of rotatable bonds is 2. The van der Waals surface area contributed by atoms with Gasteiger partial charge in [0.15, 0.2) is 0 Å². The Morgan fingerprint density at radius 2 is 2.09 bits per heavy atom. The van der Waals surface area contributed by atoms with Crippen LogP contribution in [0.5, 0.6) is 0 Å². The van der Waals surface area contributed by atoms with Crippen molar-refractivity contribution in [1.29, 1.82) is 0 Å². The molecule has 0 unspecified atom stereocenters. The number of nitrogens with zero attached hydrogens (tertiary/aromatic N) is 1. The van der Waals surface area contributed by atoms with Crippen LogP contribution in [-0.2, 0) is 19.1 Å². The summed E-state index contributed by atoms with van der Waals surface area (Å²) in [4.78, 5) is 38.4. The smallest absolute Gasteiger partial charge is 0.337 e. The van der Waals surface area contributed by atoms with E-state index in [4.69, 9.17) is 4.74 Å². The lowest BCUT2D eigenvalue weighted by Crippen LogP contribution is -2.38. The lowest BCUT2D eigenvalue weighted by molar-refractivity contribution is -0.126. The van der Waals surface area contributed by atoms with Crippen LogP contribution in [0.2, 0.25) is 0 Å². The molecule has 6 heteroatoms. The van der Waals surface area contributed by atoms with E-state index in [1.807, 2.05) is 19.1 Å². The number of ether oxygens (including phenoxy) is 2. The average Bonchev–Trinajstić information content (AvgIpc) is 3.15. The van der Waals surface area contributed by atoms with E-state index in [0.29, 0.717) is 11.3 Å². The minimum atomic E-state index is -0.725. The zero-order valence-electron chi connectivity index (χ0n) is 12.7. The summed E-state index contributed by atoms with van der Waals surface area (Å²) < 4.78 is 10.5. The summed E-state index contributed by atoms with van der Waals surface area (Å²) in [6, 6.07) is 6.35. The van der Waals surface area contributed by atoms with Crippen LogP contribution >= 0.6 is 0 Å². The van der Waals surface area contributed by atoms with Gasteiger partial charge in [0.25, 0.3) is 0 Å². The summed E-state index contributed by atoms with van der Waals surface area (Å²) in [6.07, 6.45) is 3.36. The second-order valence-electron chi connectivity index (χ2n) is 6.18. The van der Waals surface area contributed by atoms with Gasteiger partial charge in [0.2, 0.25) is 11.8 Å². The summed E-state index contributed by atoms with van der Waals surface area (Å²) >= 11 is 0. The minimum absolute atomic E-state index is 0.278. The summed E-state index contributed by atoms with van der Waals surface area (Å²) in [5.41, 5.74) is -0.0388. The highest BCUT2D eigenvalue weighted by Gasteiger charge is 2.66. The molecule has 2 fully saturated rings. The van der Waals surface area contributed by atoms with E-state index in [9.17, 15) is 14.4 Å². The van der Waals surface area contributed by atoms with Gasteiger partial charge in [-0.2, -0.15) is 0 Å². The van der Waals surface area contributed by atoms with Gasteiger partial charge in [0.1, 0.15) is 0 Å². The highest BCUT2D eigenvalue weighted by molar-refractivity contribution is 6.23. The fraction of sp³-hybridized carbons (Fsp3) is 0.353. The van der Waals surface area contributed by atoms with Crippen LogP contribution in [0.15, 0.2) is 36.4 Å². The molecule has 2 bridgehead atoms. The third-order valence-corrected chi connectivity index (χ3v) is 4.85. The number of amides is 2. The fourth-order valence-corrected chi connectivity index (χ4v) is 3.80. The van der Waals surface area contributed by atoms with Crippen molar-refractivity contribution in [2.75, 3.05) is 12.0 Å². The molecule has 1 aromatic rings. The lowest BCUT2D eigenvalue weighted by atomic mass is 9.78. The second kappa shape index (κ2) is 4.52. The van der Waals surface area contributed by atoms with Gasteiger partial charge >= 0.3 is 5.97 Å². The van der Waals surface area contributed by atoms with E-state index in [2.05, 4.69) is 4.74 Å². The van der Waals surface area contributed by atoms with E-state index >= 15 is 0 Å². The Hall–Kier alpha value is -2.47. The molecule has 2 amide bonds. The zero-order valence-corrected chi connectivity index (χ0v) is 12.7. The first kappa shape index (κ1) is 14.1. The monoisotopic (exact) mass is 313 g/mol. The van der Waals surface area contributed by atoms with Crippen molar-refractivity contribution in [3.63, 3.8) is 0 Å². The number of fused-ring (bicyclic) bond motifs is 5. The standard InChI is InChI=1S/C17H15NO5/c1-17-7-6-11(23-17)12-13(17)15(20)18(14(12)19)10-5-3-4-9(8-10)16(21)22-2/h3-8,11-13H,1-2H3/t11-,12+,13+,17-/m0/s1. The molecule has 4 rings (SSSR count). The Bertz CT molecular complexity index is 770. The van der Waals surface area contributed by atoms with Gasteiger partial charge in [-0.1, -0.05) is 18.2 Å². The third kappa shape index (κ3) is 1.75. The van der Waals surface area contributed by atoms with Gasteiger partial charge < -0.3 is 9.47 Å². The maximum Gasteiger partial charge on any atom is 0.337 e. The normalized spacial score (nSPS) is 34.2. The number of esters is 1. The van der Waals surface area contributed by atoms with Crippen molar-refractivity contribution in [3.8, 4) is 0 Å². The number of carbonyl (C=O) groups is 3. The summed E-state index contributed by atoms with van der Waals surface area (Å²) in [5.74, 6) is -2.06. The molecule has 6 nitrogen and oxygen atoms in total. The number of benzene rings is 1. The highest BCUT2D eigenvalue weighted by atomic mass is 16.5. The molecule has 3 aliphatic heterocycles. The van der Waals surface area contributed by atoms with Crippen LogP contribution in [0.1, 0.15) is 17.3 Å². The largest absolute Gasteiger partial charge is 0.465 e. The SMILES string of the molecule is COC(=O)c1cccc(N2C(=O)[C@@H]3[C@@H]4C=C[C@](C)(O4)[C@H]3C2=O)c1. The summed E-state index contributed by atoms with van der Waals surface area (Å²) in [6.45, 7) is 1.83. The van der Waals surface area contributed by atoms with Crippen molar-refractivity contribution in [2.45, 2.75) is 18.6 Å². The molecular formula is C17H15NO5. The Labute approximate surface area is 132 Å². The summed E-state index contributed by atoms with van der Waals surface area (Å²) in [7, 11) is 1.28. The fourth-order valence-electron chi connectivity index (χ4n) is 3.80. The maximum atomic E-state index is 12.8. The molecule has 1 aromatic carbocycles. The average molecular weight is 313 g/mol. The highest BCUT2D eigenvalue weighted by Crippen LogP contribution is 2.52. The van der Waals surface area contributed by atoms with Crippen LogP contribution in [0.4, 0.5) is 5.69 Å². The van der Waals surface area contributed by atoms with Crippen molar-refractivity contribution in [3.05, 3.63) is 42.0 Å². The number of imide groups is 1. The number of carbonyl (C=O) groups excluding carboxylic acids is 3. The Morgan fingerprint density at radius 3 is 2.78 bits per heavy atom. The molecule has 0 aromatic heterocycles. The number of hydrogen-bond donors (Lipinski definition) is 0. The minimum Gasteiger partial charge on any atom is -0.465 e. The van der Waals surface area contributed by atoms with Crippen LogP contribution in [0, 0.1) is 11.8 Å². The molecule has 3 aliphatic rings. The van der Waals surface area contributed by atoms with Gasteiger partial charge in [-0.05, 0) is 25.1 Å². The quantitative estimate of drug-likeness (QED) is 0.467. The molecular weight excluding hydrogens is 298 g/mol. The summed E-state index contributed by atoms with van der Waals surface area (Å²) in [5, 5.41) is 0. The number of hydrogen-bond acceptors (Lipinski definition) is 5. The van der Waals surface area contributed by atoms with Crippen LogP contribution in [0.25, 0.3) is 0 Å². The topological polar surface area (TPSA) is 72.9 Å². The Kier molecular flexibility index (Phi) is 2.78. The van der Waals surface area contributed by atoms with Gasteiger partial charge in [0.05, 0.1) is 41.9 Å². The first-order chi connectivity index (χ1) is 11.0. The van der Waals surface area contributed by atoms with E-state index in [1.165, 1.54) is 18.1 Å². The van der Waals surface area contributed by atoms with E-state index in [1.54, 1.807) is 18.2 Å². The molecule has 2 saturated heterocycles.